The van der Waals surface area contributed by atoms with Gasteiger partial charge in [0.25, 0.3) is 0 Å². The fourth-order valence-electron chi connectivity index (χ4n) is 2.19. The Morgan fingerprint density at radius 2 is 2.00 bits per heavy atom. The van der Waals surface area contributed by atoms with Gasteiger partial charge in [0.15, 0.2) is 12.1 Å². The first-order valence-corrected chi connectivity index (χ1v) is 5.22. The monoisotopic (exact) mass is 214 g/mol. The summed E-state index contributed by atoms with van der Waals surface area (Å²) >= 11 is 0. The molecule has 0 spiro atoms. The van der Waals surface area contributed by atoms with Crippen LogP contribution in [0.2, 0.25) is 0 Å². The molecule has 2 heterocycles. The molecule has 4 heteroatoms. The highest BCUT2D eigenvalue weighted by molar-refractivity contribution is 4.97. The van der Waals surface area contributed by atoms with Crippen molar-refractivity contribution < 1.29 is 18.9 Å². The summed E-state index contributed by atoms with van der Waals surface area (Å²) in [7, 11) is 1.62. The lowest BCUT2D eigenvalue weighted by Gasteiger charge is -2.23. The third-order valence-electron chi connectivity index (χ3n) is 2.74. The Kier molecular flexibility index (Phi) is 2.85. The van der Waals surface area contributed by atoms with Crippen LogP contribution in [0.1, 0.15) is 20.3 Å². The van der Waals surface area contributed by atoms with Gasteiger partial charge < -0.3 is 18.9 Å². The van der Waals surface area contributed by atoms with Crippen LogP contribution in [0.5, 0.6) is 0 Å². The van der Waals surface area contributed by atoms with E-state index in [-0.39, 0.29) is 24.6 Å². The zero-order valence-corrected chi connectivity index (χ0v) is 9.43. The minimum Gasteiger partial charge on any atom is -0.353 e. The van der Waals surface area contributed by atoms with Gasteiger partial charge in [0, 0.05) is 7.11 Å². The Morgan fingerprint density at radius 3 is 2.60 bits per heavy atom. The van der Waals surface area contributed by atoms with E-state index in [0.29, 0.717) is 0 Å². The quantitative estimate of drug-likeness (QED) is 0.666. The van der Waals surface area contributed by atoms with Crippen LogP contribution < -0.4 is 0 Å². The second-order valence-corrected chi connectivity index (χ2v) is 4.37. The summed E-state index contributed by atoms with van der Waals surface area (Å²) in [5, 5.41) is 0. The van der Waals surface area contributed by atoms with Crippen molar-refractivity contribution in [1.82, 2.24) is 0 Å². The second kappa shape index (κ2) is 3.87. The van der Waals surface area contributed by atoms with Crippen LogP contribution in [0.4, 0.5) is 0 Å². The van der Waals surface area contributed by atoms with Gasteiger partial charge in [-0.2, -0.15) is 0 Å². The standard InChI is InChI=1S/C11H18O4/c1-5-6-7-8-9(10(12-4)13-7)15-11(2,3)14-8/h5,7-10H,1,6H2,2-4H3/t7-,8-,9-,10-/m1/s1. The number of hydrogen-bond acceptors (Lipinski definition) is 4. The molecule has 4 atom stereocenters. The van der Waals surface area contributed by atoms with Gasteiger partial charge in [-0.3, -0.25) is 0 Å². The van der Waals surface area contributed by atoms with Gasteiger partial charge in [-0.15, -0.1) is 6.58 Å². The fraction of sp³-hybridized carbons (Fsp3) is 0.818. The van der Waals surface area contributed by atoms with E-state index in [1.165, 1.54) is 0 Å². The van der Waals surface area contributed by atoms with Gasteiger partial charge in [0.05, 0.1) is 6.10 Å². The predicted molar refractivity (Wildman–Crippen MR) is 54.3 cm³/mol. The van der Waals surface area contributed by atoms with Gasteiger partial charge in [0.2, 0.25) is 0 Å². The van der Waals surface area contributed by atoms with E-state index in [0.717, 1.165) is 6.42 Å². The first-order chi connectivity index (χ1) is 7.07. The SMILES string of the molecule is C=CC[C@H]1O[C@@H](OC)[C@@H]2OC(C)(C)O[C@@H]21. The molecule has 2 saturated heterocycles. The molecule has 0 radical (unpaired) electrons. The van der Waals surface area contributed by atoms with Gasteiger partial charge >= 0.3 is 0 Å². The second-order valence-electron chi connectivity index (χ2n) is 4.37. The highest BCUT2D eigenvalue weighted by Crippen LogP contribution is 2.39. The first kappa shape index (κ1) is 11.1. The molecule has 2 aliphatic heterocycles. The molecule has 0 N–H and O–H groups in total. The van der Waals surface area contributed by atoms with Gasteiger partial charge in [0.1, 0.15) is 12.2 Å². The van der Waals surface area contributed by atoms with Crippen LogP contribution in [-0.2, 0) is 18.9 Å². The van der Waals surface area contributed by atoms with Gasteiger partial charge in [-0.25, -0.2) is 0 Å². The van der Waals surface area contributed by atoms with E-state index in [9.17, 15) is 0 Å². The maximum absolute atomic E-state index is 5.79. The van der Waals surface area contributed by atoms with Crippen molar-refractivity contribution >= 4 is 0 Å². The fourth-order valence-corrected chi connectivity index (χ4v) is 2.19. The van der Waals surface area contributed by atoms with Crippen molar-refractivity contribution in [2.75, 3.05) is 7.11 Å². The largest absolute Gasteiger partial charge is 0.353 e. The molecule has 0 amide bonds. The molecule has 0 aromatic carbocycles. The topological polar surface area (TPSA) is 36.9 Å². The van der Waals surface area contributed by atoms with Crippen molar-refractivity contribution in [3.05, 3.63) is 12.7 Å². The van der Waals surface area contributed by atoms with Crippen molar-refractivity contribution in [2.24, 2.45) is 0 Å². The van der Waals surface area contributed by atoms with E-state index in [2.05, 4.69) is 6.58 Å². The molecule has 0 bridgehead atoms. The zero-order valence-electron chi connectivity index (χ0n) is 9.43. The minimum absolute atomic E-state index is 0.0146. The lowest BCUT2D eigenvalue weighted by atomic mass is 10.1. The number of fused-ring (bicyclic) bond motifs is 1. The first-order valence-electron chi connectivity index (χ1n) is 5.22. The Balaban J connectivity index is 2.11. The van der Waals surface area contributed by atoms with E-state index in [1.807, 2.05) is 19.9 Å². The van der Waals surface area contributed by atoms with Crippen LogP contribution >= 0.6 is 0 Å². The molecule has 2 fully saturated rings. The molecule has 4 nitrogen and oxygen atoms in total. The number of hydrogen-bond donors (Lipinski definition) is 0. The van der Waals surface area contributed by atoms with Gasteiger partial charge in [-0.1, -0.05) is 6.08 Å². The number of methoxy groups -OCH3 is 1. The Labute approximate surface area is 90.1 Å². The van der Waals surface area contributed by atoms with Crippen LogP contribution in [-0.4, -0.2) is 37.5 Å². The highest BCUT2D eigenvalue weighted by Gasteiger charge is 2.54. The molecule has 0 aromatic rings. The van der Waals surface area contributed by atoms with Crippen molar-refractivity contribution in [3.63, 3.8) is 0 Å². The van der Waals surface area contributed by atoms with E-state index < -0.39 is 5.79 Å². The average molecular weight is 214 g/mol. The van der Waals surface area contributed by atoms with E-state index in [1.54, 1.807) is 7.11 Å². The van der Waals surface area contributed by atoms with Crippen LogP contribution in [0.15, 0.2) is 12.7 Å². The smallest absolute Gasteiger partial charge is 0.186 e. The normalized spacial score (nSPS) is 42.9. The van der Waals surface area contributed by atoms with Crippen LogP contribution in [0.25, 0.3) is 0 Å². The summed E-state index contributed by atoms with van der Waals surface area (Å²) in [6.07, 6.45) is 2.05. The summed E-state index contributed by atoms with van der Waals surface area (Å²) in [4.78, 5) is 0. The molecule has 0 saturated carbocycles. The summed E-state index contributed by atoms with van der Waals surface area (Å²) in [5.41, 5.74) is 0. The Bertz CT molecular complexity index is 251. The summed E-state index contributed by atoms with van der Waals surface area (Å²) in [6, 6.07) is 0. The van der Waals surface area contributed by atoms with Crippen molar-refractivity contribution in [1.29, 1.82) is 0 Å². The lowest BCUT2D eigenvalue weighted by Crippen LogP contribution is -2.30. The van der Waals surface area contributed by atoms with E-state index >= 15 is 0 Å². The van der Waals surface area contributed by atoms with Crippen LogP contribution in [0.3, 0.4) is 0 Å². The Hall–Kier alpha value is -0.420. The molecule has 15 heavy (non-hydrogen) atoms. The maximum atomic E-state index is 5.79. The maximum Gasteiger partial charge on any atom is 0.186 e. The minimum atomic E-state index is -0.546. The predicted octanol–water partition coefficient (Wildman–Crippen LogP) is 1.45. The zero-order chi connectivity index (χ0) is 11.1. The molecule has 0 aliphatic carbocycles. The lowest BCUT2D eigenvalue weighted by molar-refractivity contribution is -0.226. The molecule has 0 aromatic heterocycles. The molecular weight excluding hydrogens is 196 g/mol. The van der Waals surface area contributed by atoms with E-state index in [4.69, 9.17) is 18.9 Å². The number of ether oxygens (including phenoxy) is 4. The van der Waals surface area contributed by atoms with Crippen molar-refractivity contribution in [2.45, 2.75) is 50.7 Å². The summed E-state index contributed by atoms with van der Waals surface area (Å²) in [5.74, 6) is -0.546. The van der Waals surface area contributed by atoms with Gasteiger partial charge in [-0.05, 0) is 20.3 Å². The summed E-state index contributed by atoms with van der Waals surface area (Å²) in [6.45, 7) is 7.52. The molecule has 2 rings (SSSR count). The third kappa shape index (κ3) is 1.95. The average Bonchev–Trinajstić information content (AvgIpc) is 2.61. The highest BCUT2D eigenvalue weighted by atomic mass is 16.8. The Morgan fingerprint density at radius 1 is 1.33 bits per heavy atom. The third-order valence-corrected chi connectivity index (χ3v) is 2.74. The number of rotatable bonds is 3. The molecule has 2 aliphatic rings. The molecule has 86 valence electrons. The van der Waals surface area contributed by atoms with Crippen LogP contribution in [0, 0.1) is 0 Å². The summed E-state index contributed by atoms with van der Waals surface area (Å²) < 4.78 is 22.4. The van der Waals surface area contributed by atoms with Crippen molar-refractivity contribution in [3.8, 4) is 0 Å². The molecular formula is C11H18O4. The molecule has 0 unspecified atom stereocenters.